The SMILES string of the molecule is CCOC1CC(NC(=O)C2CC2C(=O)O)C12CCCCC2. The highest BCUT2D eigenvalue weighted by Gasteiger charge is 2.57. The molecule has 3 fully saturated rings. The van der Waals surface area contributed by atoms with Crippen molar-refractivity contribution in [2.75, 3.05) is 6.61 Å². The molecule has 0 heterocycles. The van der Waals surface area contributed by atoms with Crippen LogP contribution in [0.3, 0.4) is 0 Å². The average molecular weight is 295 g/mol. The molecule has 0 aromatic rings. The zero-order chi connectivity index (χ0) is 15.0. The van der Waals surface area contributed by atoms with Crippen LogP contribution in [0.1, 0.15) is 51.9 Å². The van der Waals surface area contributed by atoms with Crippen molar-refractivity contribution in [2.45, 2.75) is 64.0 Å². The number of carbonyl (C=O) groups excluding carboxylic acids is 1. The van der Waals surface area contributed by atoms with E-state index in [2.05, 4.69) is 5.32 Å². The van der Waals surface area contributed by atoms with Gasteiger partial charge in [-0.2, -0.15) is 0 Å². The third kappa shape index (κ3) is 2.56. The molecule has 0 saturated heterocycles. The number of carboxylic acid groups (broad SMARTS) is 1. The lowest BCUT2D eigenvalue weighted by atomic mass is 9.55. The van der Waals surface area contributed by atoms with E-state index in [1.54, 1.807) is 0 Å². The molecule has 1 spiro atoms. The summed E-state index contributed by atoms with van der Waals surface area (Å²) >= 11 is 0. The Hall–Kier alpha value is -1.10. The molecule has 21 heavy (non-hydrogen) atoms. The number of hydrogen-bond donors (Lipinski definition) is 2. The fraction of sp³-hybridized carbons (Fsp3) is 0.875. The van der Waals surface area contributed by atoms with E-state index in [1.807, 2.05) is 6.92 Å². The van der Waals surface area contributed by atoms with Gasteiger partial charge in [-0.15, -0.1) is 0 Å². The minimum atomic E-state index is -0.844. The summed E-state index contributed by atoms with van der Waals surface area (Å²) in [7, 11) is 0. The fourth-order valence-corrected chi connectivity index (χ4v) is 4.30. The first-order valence-electron chi connectivity index (χ1n) is 8.23. The molecule has 3 aliphatic carbocycles. The Morgan fingerprint density at radius 2 is 1.90 bits per heavy atom. The maximum atomic E-state index is 12.2. The molecular weight excluding hydrogens is 270 g/mol. The summed E-state index contributed by atoms with van der Waals surface area (Å²) < 4.78 is 5.87. The third-order valence-corrected chi connectivity index (χ3v) is 5.70. The zero-order valence-electron chi connectivity index (χ0n) is 12.6. The van der Waals surface area contributed by atoms with E-state index in [1.165, 1.54) is 19.3 Å². The van der Waals surface area contributed by atoms with Crippen LogP contribution in [0.4, 0.5) is 0 Å². The Morgan fingerprint density at radius 1 is 1.19 bits per heavy atom. The Bertz CT molecular complexity index is 430. The monoisotopic (exact) mass is 295 g/mol. The molecule has 3 rings (SSSR count). The predicted molar refractivity (Wildman–Crippen MR) is 76.7 cm³/mol. The molecule has 1 amide bonds. The molecule has 5 heteroatoms. The van der Waals surface area contributed by atoms with Crippen LogP contribution in [0.2, 0.25) is 0 Å². The van der Waals surface area contributed by atoms with Crippen molar-refractivity contribution >= 4 is 11.9 Å². The molecule has 4 atom stereocenters. The van der Waals surface area contributed by atoms with Crippen LogP contribution < -0.4 is 5.32 Å². The van der Waals surface area contributed by atoms with Crippen LogP contribution in [0.5, 0.6) is 0 Å². The normalized spacial score (nSPS) is 36.8. The van der Waals surface area contributed by atoms with Gasteiger partial charge in [-0.3, -0.25) is 9.59 Å². The minimum Gasteiger partial charge on any atom is -0.481 e. The molecule has 3 saturated carbocycles. The summed E-state index contributed by atoms with van der Waals surface area (Å²) in [5.74, 6) is -1.68. The van der Waals surface area contributed by atoms with Gasteiger partial charge in [0.25, 0.3) is 0 Å². The van der Waals surface area contributed by atoms with Gasteiger partial charge in [-0.1, -0.05) is 19.3 Å². The number of amides is 1. The number of aliphatic carboxylic acids is 1. The zero-order valence-corrected chi connectivity index (χ0v) is 12.6. The topological polar surface area (TPSA) is 75.6 Å². The average Bonchev–Trinajstić information content (AvgIpc) is 3.27. The molecule has 4 unspecified atom stereocenters. The molecule has 0 aromatic heterocycles. The Balaban J connectivity index is 1.60. The summed E-state index contributed by atoms with van der Waals surface area (Å²) in [6, 6.07) is 0.178. The van der Waals surface area contributed by atoms with Gasteiger partial charge >= 0.3 is 5.97 Å². The molecule has 5 nitrogen and oxygen atoms in total. The van der Waals surface area contributed by atoms with E-state index >= 15 is 0 Å². The van der Waals surface area contributed by atoms with Crippen LogP contribution in [0.15, 0.2) is 0 Å². The third-order valence-electron chi connectivity index (χ3n) is 5.70. The maximum absolute atomic E-state index is 12.2. The van der Waals surface area contributed by atoms with Crippen LogP contribution in [-0.4, -0.2) is 35.7 Å². The van der Waals surface area contributed by atoms with Gasteiger partial charge in [-0.05, 0) is 32.6 Å². The number of carboxylic acids is 1. The smallest absolute Gasteiger partial charge is 0.307 e. The summed E-state index contributed by atoms with van der Waals surface area (Å²) in [6.45, 7) is 2.74. The highest BCUT2D eigenvalue weighted by molar-refractivity contribution is 5.89. The fourth-order valence-electron chi connectivity index (χ4n) is 4.30. The van der Waals surface area contributed by atoms with E-state index in [4.69, 9.17) is 9.84 Å². The highest BCUT2D eigenvalue weighted by atomic mass is 16.5. The van der Waals surface area contributed by atoms with Crippen LogP contribution in [0, 0.1) is 17.3 Å². The van der Waals surface area contributed by atoms with Crippen molar-refractivity contribution in [2.24, 2.45) is 17.3 Å². The van der Waals surface area contributed by atoms with Gasteiger partial charge in [0, 0.05) is 18.1 Å². The van der Waals surface area contributed by atoms with Crippen molar-refractivity contribution in [3.05, 3.63) is 0 Å². The molecule has 118 valence electrons. The molecule has 2 N–H and O–H groups in total. The number of rotatable bonds is 5. The number of carbonyl (C=O) groups is 2. The molecular formula is C16H25NO4. The molecule has 0 bridgehead atoms. The number of ether oxygens (including phenoxy) is 1. The van der Waals surface area contributed by atoms with E-state index in [-0.39, 0.29) is 29.4 Å². The maximum Gasteiger partial charge on any atom is 0.307 e. The first kappa shape index (κ1) is 14.8. The van der Waals surface area contributed by atoms with Crippen LogP contribution >= 0.6 is 0 Å². The highest BCUT2D eigenvalue weighted by Crippen LogP contribution is 2.53. The summed E-state index contributed by atoms with van der Waals surface area (Å²) in [5, 5.41) is 12.1. The quantitative estimate of drug-likeness (QED) is 0.813. The second-order valence-electron chi connectivity index (χ2n) is 6.82. The van der Waals surface area contributed by atoms with Gasteiger partial charge in [0.15, 0.2) is 0 Å². The van der Waals surface area contributed by atoms with Gasteiger partial charge in [-0.25, -0.2) is 0 Å². The molecule has 0 radical (unpaired) electrons. The van der Waals surface area contributed by atoms with Crippen LogP contribution in [0.25, 0.3) is 0 Å². The number of hydrogen-bond acceptors (Lipinski definition) is 3. The standard InChI is InChI=1S/C16H25NO4/c1-2-21-13-9-12(16(13)6-4-3-5-7-16)17-14(18)10-8-11(10)15(19)20/h10-13H,2-9H2,1H3,(H,17,18)(H,19,20). The lowest BCUT2D eigenvalue weighted by Crippen LogP contribution is -2.65. The number of nitrogens with one attached hydrogen (secondary N) is 1. The van der Waals surface area contributed by atoms with Crippen molar-refractivity contribution in [1.29, 1.82) is 0 Å². The lowest BCUT2D eigenvalue weighted by Gasteiger charge is -2.57. The van der Waals surface area contributed by atoms with E-state index in [9.17, 15) is 9.59 Å². The molecule has 3 aliphatic rings. The summed E-state index contributed by atoms with van der Waals surface area (Å²) in [6.07, 6.45) is 7.56. The van der Waals surface area contributed by atoms with Gasteiger partial charge in [0.05, 0.1) is 17.9 Å². The Morgan fingerprint density at radius 3 is 2.48 bits per heavy atom. The largest absolute Gasteiger partial charge is 0.481 e. The summed E-state index contributed by atoms with van der Waals surface area (Å²) in [4.78, 5) is 23.1. The van der Waals surface area contributed by atoms with Crippen molar-refractivity contribution < 1.29 is 19.4 Å². The van der Waals surface area contributed by atoms with Crippen molar-refractivity contribution in [3.63, 3.8) is 0 Å². The van der Waals surface area contributed by atoms with E-state index in [0.29, 0.717) is 6.42 Å². The Kier molecular flexibility index (Phi) is 3.95. The van der Waals surface area contributed by atoms with Crippen molar-refractivity contribution in [3.8, 4) is 0 Å². The lowest BCUT2D eigenvalue weighted by molar-refractivity contribution is -0.158. The first-order chi connectivity index (χ1) is 10.1. The van der Waals surface area contributed by atoms with Gasteiger partial charge in [0.1, 0.15) is 0 Å². The first-order valence-corrected chi connectivity index (χ1v) is 8.23. The molecule has 0 aliphatic heterocycles. The minimum absolute atomic E-state index is 0.0627. The predicted octanol–water partition coefficient (Wildman–Crippen LogP) is 1.95. The van der Waals surface area contributed by atoms with E-state index < -0.39 is 11.9 Å². The summed E-state index contributed by atoms with van der Waals surface area (Å²) in [5.41, 5.74) is 0.109. The second kappa shape index (κ2) is 5.59. The van der Waals surface area contributed by atoms with E-state index in [0.717, 1.165) is 25.9 Å². The van der Waals surface area contributed by atoms with Gasteiger partial charge in [0.2, 0.25) is 5.91 Å². The second-order valence-corrected chi connectivity index (χ2v) is 6.82. The van der Waals surface area contributed by atoms with Gasteiger partial charge < -0.3 is 15.2 Å². The van der Waals surface area contributed by atoms with Crippen LogP contribution in [-0.2, 0) is 14.3 Å². The van der Waals surface area contributed by atoms with Crippen molar-refractivity contribution in [1.82, 2.24) is 5.32 Å². The Labute approximate surface area is 125 Å². The molecule has 0 aromatic carbocycles.